The zero-order valence-corrected chi connectivity index (χ0v) is 16.9. The summed E-state index contributed by atoms with van der Waals surface area (Å²) >= 11 is 1.12. The Balaban J connectivity index is 1.56. The first-order valence-corrected chi connectivity index (χ1v) is 11.2. The number of nitrogens with one attached hydrogen (secondary N) is 2. The second-order valence-corrected chi connectivity index (χ2v) is 9.15. The van der Waals surface area contributed by atoms with Crippen LogP contribution < -0.4 is 14.8 Å². The Hall–Kier alpha value is -1.97. The van der Waals surface area contributed by atoms with Crippen molar-refractivity contribution in [2.24, 2.45) is 0 Å². The van der Waals surface area contributed by atoms with Gasteiger partial charge in [-0.2, -0.15) is 0 Å². The number of sulfonamides is 1. The fourth-order valence-electron chi connectivity index (χ4n) is 3.06. The molecule has 9 heteroatoms. The first-order chi connectivity index (χ1) is 12.9. The Labute approximate surface area is 163 Å². The van der Waals surface area contributed by atoms with Gasteiger partial charge in [-0.15, -0.1) is 11.3 Å². The monoisotopic (exact) mass is 409 g/mol. The first kappa shape index (κ1) is 19.8. The van der Waals surface area contributed by atoms with E-state index in [2.05, 4.69) is 15.0 Å². The van der Waals surface area contributed by atoms with E-state index in [1.54, 1.807) is 6.20 Å². The van der Waals surface area contributed by atoms with Gasteiger partial charge in [-0.25, -0.2) is 13.1 Å². The summed E-state index contributed by atoms with van der Waals surface area (Å²) in [5.74, 6) is 0.492. The van der Waals surface area contributed by atoms with Gasteiger partial charge in [-0.3, -0.25) is 9.78 Å². The van der Waals surface area contributed by atoms with Crippen molar-refractivity contribution in [1.29, 1.82) is 0 Å². The number of hydrogen-bond donors (Lipinski definition) is 2. The van der Waals surface area contributed by atoms with E-state index < -0.39 is 10.0 Å². The van der Waals surface area contributed by atoms with Crippen LogP contribution >= 0.6 is 11.3 Å². The number of carbonyl (C=O) groups excluding carboxylic acids is 1. The van der Waals surface area contributed by atoms with Gasteiger partial charge in [-0.1, -0.05) is 0 Å². The summed E-state index contributed by atoms with van der Waals surface area (Å²) in [6.07, 6.45) is 4.75. The quantitative estimate of drug-likeness (QED) is 0.764. The van der Waals surface area contributed by atoms with Crippen molar-refractivity contribution in [3.63, 3.8) is 0 Å². The van der Waals surface area contributed by atoms with E-state index in [1.165, 1.54) is 18.5 Å². The number of pyridine rings is 1. The lowest BCUT2D eigenvalue weighted by atomic mass is 9.93. The normalized spacial score (nSPS) is 20.2. The van der Waals surface area contributed by atoms with Crippen molar-refractivity contribution in [3.05, 3.63) is 40.3 Å². The molecule has 0 aliphatic heterocycles. The van der Waals surface area contributed by atoms with Crippen LogP contribution in [0.25, 0.3) is 0 Å². The highest BCUT2D eigenvalue weighted by molar-refractivity contribution is 7.89. The van der Waals surface area contributed by atoms with Crippen LogP contribution in [0.4, 0.5) is 0 Å². The summed E-state index contributed by atoms with van der Waals surface area (Å²) < 4.78 is 33.9. The molecule has 0 atom stereocenters. The molecule has 2 heterocycles. The van der Waals surface area contributed by atoms with Gasteiger partial charge < -0.3 is 10.1 Å². The number of aromatic nitrogens is 1. The molecule has 2 aromatic rings. The molecule has 0 radical (unpaired) electrons. The van der Waals surface area contributed by atoms with E-state index in [0.29, 0.717) is 17.7 Å². The number of ether oxygens (including phenoxy) is 1. The van der Waals surface area contributed by atoms with Gasteiger partial charge >= 0.3 is 0 Å². The molecular formula is C18H23N3O4S2. The molecule has 1 amide bonds. The Morgan fingerprint density at radius 1 is 1.30 bits per heavy atom. The minimum Gasteiger partial charge on any atom is -0.489 e. The van der Waals surface area contributed by atoms with Gasteiger partial charge in [0.1, 0.15) is 5.75 Å². The molecule has 1 aliphatic rings. The fraction of sp³-hybridized carbons (Fsp3) is 0.444. The van der Waals surface area contributed by atoms with Gasteiger partial charge in [0, 0.05) is 24.7 Å². The molecule has 0 bridgehead atoms. The van der Waals surface area contributed by atoms with E-state index in [4.69, 9.17) is 4.74 Å². The maximum Gasteiger partial charge on any atom is 0.261 e. The third-order valence-electron chi connectivity index (χ3n) is 4.58. The van der Waals surface area contributed by atoms with Crippen LogP contribution in [0, 0.1) is 6.92 Å². The van der Waals surface area contributed by atoms with Crippen molar-refractivity contribution in [2.75, 3.05) is 7.05 Å². The molecule has 0 unspecified atom stereocenters. The van der Waals surface area contributed by atoms with Crippen molar-refractivity contribution < 1.29 is 17.9 Å². The number of amides is 1. The predicted molar refractivity (Wildman–Crippen MR) is 104 cm³/mol. The molecule has 27 heavy (non-hydrogen) atoms. The van der Waals surface area contributed by atoms with Crippen molar-refractivity contribution in [3.8, 4) is 5.75 Å². The van der Waals surface area contributed by atoms with Crippen molar-refractivity contribution in [1.82, 2.24) is 15.0 Å². The molecule has 0 saturated heterocycles. The summed E-state index contributed by atoms with van der Waals surface area (Å²) in [5, 5.41) is 3.99. The minimum absolute atomic E-state index is 0.0645. The van der Waals surface area contributed by atoms with Crippen molar-refractivity contribution >= 4 is 27.3 Å². The number of nitrogens with zero attached hydrogens (tertiary/aromatic N) is 1. The smallest absolute Gasteiger partial charge is 0.261 e. The molecule has 0 spiro atoms. The molecule has 146 valence electrons. The summed E-state index contributed by atoms with van der Waals surface area (Å²) in [6, 6.07) is 5.02. The first-order valence-electron chi connectivity index (χ1n) is 8.80. The zero-order chi connectivity index (χ0) is 19.4. The number of hydrogen-bond acceptors (Lipinski definition) is 6. The topological polar surface area (TPSA) is 97.4 Å². The molecule has 1 aliphatic carbocycles. The Morgan fingerprint density at radius 2 is 2.04 bits per heavy atom. The van der Waals surface area contributed by atoms with Crippen LogP contribution in [-0.4, -0.2) is 38.5 Å². The standard InChI is InChI=1S/C18H23N3O4S2/c1-12-16(4-3-9-20-12)25-14-7-5-13(6-8-14)21-27(23,24)15-10-17(26-11-15)18(22)19-2/h3-4,9-11,13-14,21H,5-8H2,1-2H3,(H,19,22). The van der Waals surface area contributed by atoms with E-state index >= 15 is 0 Å². The maximum atomic E-state index is 12.6. The molecule has 7 nitrogen and oxygen atoms in total. The van der Waals surface area contributed by atoms with E-state index in [0.717, 1.165) is 35.6 Å². The molecule has 0 aromatic carbocycles. The molecule has 1 fully saturated rings. The highest BCUT2D eigenvalue weighted by Crippen LogP contribution is 2.27. The Kier molecular flexibility index (Phi) is 6.13. The van der Waals surface area contributed by atoms with Crippen molar-refractivity contribution in [2.45, 2.75) is 49.6 Å². The molecule has 2 aromatic heterocycles. The number of aryl methyl sites for hydroxylation is 1. The van der Waals surface area contributed by atoms with Gasteiger partial charge in [0.05, 0.1) is 21.6 Å². The Morgan fingerprint density at radius 3 is 2.70 bits per heavy atom. The second kappa shape index (κ2) is 8.37. The fourth-order valence-corrected chi connectivity index (χ4v) is 5.59. The molecule has 1 saturated carbocycles. The van der Waals surface area contributed by atoms with Crippen LogP contribution in [-0.2, 0) is 10.0 Å². The van der Waals surface area contributed by atoms with Crippen LogP contribution in [0.1, 0.15) is 41.0 Å². The van der Waals surface area contributed by atoms with Gasteiger partial charge in [0.25, 0.3) is 5.91 Å². The average molecular weight is 410 g/mol. The number of thiophene rings is 1. The average Bonchev–Trinajstić information content (AvgIpc) is 3.15. The van der Waals surface area contributed by atoms with Gasteiger partial charge in [0.15, 0.2) is 0 Å². The van der Waals surface area contributed by atoms with Crippen LogP contribution in [0.3, 0.4) is 0 Å². The Bertz CT molecular complexity index is 903. The lowest BCUT2D eigenvalue weighted by Gasteiger charge is -2.29. The summed E-state index contributed by atoms with van der Waals surface area (Å²) in [4.78, 5) is 16.3. The summed E-state index contributed by atoms with van der Waals surface area (Å²) in [5.41, 5.74) is 0.852. The van der Waals surface area contributed by atoms with Crippen LogP contribution in [0.15, 0.2) is 34.7 Å². The van der Waals surface area contributed by atoms with Gasteiger partial charge in [-0.05, 0) is 50.8 Å². The van der Waals surface area contributed by atoms with Gasteiger partial charge in [0.2, 0.25) is 10.0 Å². The second-order valence-electron chi connectivity index (χ2n) is 6.53. The molecule has 2 N–H and O–H groups in total. The summed E-state index contributed by atoms with van der Waals surface area (Å²) in [6.45, 7) is 1.91. The third kappa shape index (κ3) is 4.85. The minimum atomic E-state index is -3.63. The molecule has 3 rings (SSSR count). The number of rotatable bonds is 6. The highest BCUT2D eigenvalue weighted by Gasteiger charge is 2.27. The largest absolute Gasteiger partial charge is 0.489 e. The highest BCUT2D eigenvalue weighted by atomic mass is 32.2. The third-order valence-corrected chi connectivity index (χ3v) is 7.16. The van der Waals surface area contributed by atoms with E-state index in [-0.39, 0.29) is 22.9 Å². The maximum absolute atomic E-state index is 12.6. The lowest BCUT2D eigenvalue weighted by Crippen LogP contribution is -2.39. The SMILES string of the molecule is CNC(=O)c1cc(S(=O)(=O)NC2CCC(Oc3cccnc3C)CC2)cs1. The van der Waals surface area contributed by atoms with Crippen LogP contribution in [0.2, 0.25) is 0 Å². The van der Waals surface area contributed by atoms with E-state index in [9.17, 15) is 13.2 Å². The summed E-state index contributed by atoms with van der Waals surface area (Å²) in [7, 11) is -2.12. The molecular weight excluding hydrogens is 386 g/mol. The predicted octanol–water partition coefficient (Wildman–Crippen LogP) is 2.48. The van der Waals surface area contributed by atoms with Crippen LogP contribution in [0.5, 0.6) is 5.75 Å². The van der Waals surface area contributed by atoms with E-state index in [1.807, 2.05) is 19.1 Å². The zero-order valence-electron chi connectivity index (χ0n) is 15.3. The lowest BCUT2D eigenvalue weighted by molar-refractivity contribution is 0.0967. The number of carbonyl (C=O) groups is 1.